The topological polar surface area (TPSA) is 17.1 Å². The first-order valence-corrected chi connectivity index (χ1v) is 5.01. The Bertz CT molecular complexity index is 163. The summed E-state index contributed by atoms with van der Waals surface area (Å²) < 4.78 is 0. The zero-order valence-electron chi connectivity index (χ0n) is 6.88. The van der Waals surface area contributed by atoms with Gasteiger partial charge in [0.1, 0.15) is 0 Å². The molecule has 0 bridgehead atoms. The number of hydrogen-bond acceptors (Lipinski definition) is 2. The Kier molecular flexibility index (Phi) is 3.70. The number of carbonyl (C=O) groups excluding carboxylic acids is 1. The van der Waals surface area contributed by atoms with E-state index in [1.54, 1.807) is 6.92 Å². The van der Waals surface area contributed by atoms with Crippen molar-refractivity contribution in [1.82, 2.24) is 0 Å². The summed E-state index contributed by atoms with van der Waals surface area (Å²) in [6.07, 6.45) is 9.28. The van der Waals surface area contributed by atoms with E-state index in [1.807, 2.05) is 0 Å². The summed E-state index contributed by atoms with van der Waals surface area (Å²) >= 11 is 1.46. The second kappa shape index (κ2) is 4.60. The SMILES string of the molecule is CC(=O)S[C@@H]1C=CCCCC1. The maximum atomic E-state index is 10.8. The van der Waals surface area contributed by atoms with E-state index in [4.69, 9.17) is 0 Å². The summed E-state index contributed by atoms with van der Waals surface area (Å²) in [5.74, 6) is 0. The molecule has 0 aliphatic heterocycles. The van der Waals surface area contributed by atoms with Crippen molar-refractivity contribution in [2.45, 2.75) is 37.9 Å². The van der Waals surface area contributed by atoms with E-state index in [2.05, 4.69) is 12.2 Å². The van der Waals surface area contributed by atoms with Crippen molar-refractivity contribution in [3.05, 3.63) is 12.2 Å². The molecule has 0 amide bonds. The molecule has 1 aliphatic rings. The normalized spacial score (nSPS) is 24.6. The predicted octanol–water partition coefficient (Wildman–Crippen LogP) is 2.76. The van der Waals surface area contributed by atoms with Crippen molar-refractivity contribution in [3.8, 4) is 0 Å². The quantitative estimate of drug-likeness (QED) is 0.563. The van der Waals surface area contributed by atoms with Crippen LogP contribution >= 0.6 is 11.8 Å². The van der Waals surface area contributed by atoms with Gasteiger partial charge in [-0.25, -0.2) is 0 Å². The number of allylic oxidation sites excluding steroid dienone is 1. The molecule has 0 saturated heterocycles. The Morgan fingerprint density at radius 1 is 1.55 bits per heavy atom. The van der Waals surface area contributed by atoms with Crippen LogP contribution in [0.5, 0.6) is 0 Å². The second-order valence-electron chi connectivity index (χ2n) is 2.86. The Balaban J connectivity index is 2.36. The van der Waals surface area contributed by atoms with Crippen molar-refractivity contribution in [2.24, 2.45) is 0 Å². The van der Waals surface area contributed by atoms with Crippen LogP contribution in [0, 0.1) is 0 Å². The first kappa shape index (κ1) is 8.85. The van der Waals surface area contributed by atoms with E-state index in [9.17, 15) is 4.79 Å². The lowest BCUT2D eigenvalue weighted by Crippen LogP contribution is -1.99. The minimum atomic E-state index is 0.238. The Morgan fingerprint density at radius 3 is 3.09 bits per heavy atom. The molecule has 1 rings (SSSR count). The van der Waals surface area contributed by atoms with Gasteiger partial charge < -0.3 is 0 Å². The second-order valence-corrected chi connectivity index (χ2v) is 4.28. The highest BCUT2D eigenvalue weighted by molar-refractivity contribution is 8.14. The summed E-state index contributed by atoms with van der Waals surface area (Å²) in [4.78, 5) is 10.8. The van der Waals surface area contributed by atoms with E-state index >= 15 is 0 Å². The maximum absolute atomic E-state index is 10.8. The van der Waals surface area contributed by atoms with E-state index in [0.29, 0.717) is 5.25 Å². The standard InChI is InChI=1S/C9H14OS/c1-8(10)11-9-6-4-2-3-5-7-9/h4,6,9H,2-3,5,7H2,1H3/t9-/m1/s1. The molecule has 0 aromatic rings. The highest BCUT2D eigenvalue weighted by Gasteiger charge is 2.09. The lowest BCUT2D eigenvalue weighted by atomic mass is 10.2. The summed E-state index contributed by atoms with van der Waals surface area (Å²) in [7, 11) is 0. The molecule has 0 saturated carbocycles. The molecule has 0 fully saturated rings. The van der Waals surface area contributed by atoms with E-state index in [0.717, 1.165) is 0 Å². The molecule has 0 N–H and O–H groups in total. The third-order valence-electron chi connectivity index (χ3n) is 1.78. The predicted molar refractivity (Wildman–Crippen MR) is 49.7 cm³/mol. The third-order valence-corrected chi connectivity index (χ3v) is 2.81. The van der Waals surface area contributed by atoms with E-state index in [-0.39, 0.29) is 5.12 Å². The van der Waals surface area contributed by atoms with Gasteiger partial charge >= 0.3 is 0 Å². The van der Waals surface area contributed by atoms with Crippen LogP contribution in [-0.4, -0.2) is 10.4 Å². The summed E-state index contributed by atoms with van der Waals surface area (Å²) in [6.45, 7) is 1.64. The molecule has 0 heterocycles. The molecule has 2 heteroatoms. The van der Waals surface area contributed by atoms with Crippen LogP contribution < -0.4 is 0 Å². The van der Waals surface area contributed by atoms with Gasteiger partial charge in [-0.3, -0.25) is 4.79 Å². The van der Waals surface area contributed by atoms with E-state index < -0.39 is 0 Å². The number of thioether (sulfide) groups is 1. The number of carbonyl (C=O) groups is 1. The van der Waals surface area contributed by atoms with Crippen molar-refractivity contribution in [2.75, 3.05) is 0 Å². The first-order valence-electron chi connectivity index (χ1n) is 4.13. The van der Waals surface area contributed by atoms with Crippen LogP contribution in [0.3, 0.4) is 0 Å². The van der Waals surface area contributed by atoms with Gasteiger partial charge in [0, 0.05) is 12.2 Å². The fourth-order valence-corrected chi connectivity index (χ4v) is 2.16. The smallest absolute Gasteiger partial charge is 0.186 e. The number of hydrogen-bond donors (Lipinski definition) is 0. The fraction of sp³-hybridized carbons (Fsp3) is 0.667. The largest absolute Gasteiger partial charge is 0.288 e. The average molecular weight is 170 g/mol. The lowest BCUT2D eigenvalue weighted by Gasteiger charge is -2.06. The molecule has 0 unspecified atom stereocenters. The van der Waals surface area contributed by atoms with Gasteiger partial charge in [-0.05, 0) is 19.3 Å². The molecule has 1 aliphatic carbocycles. The molecule has 0 radical (unpaired) electrons. The molecule has 1 nitrogen and oxygen atoms in total. The average Bonchev–Trinajstić information content (AvgIpc) is 2.14. The maximum Gasteiger partial charge on any atom is 0.186 e. The van der Waals surface area contributed by atoms with Crippen LogP contribution in [0.2, 0.25) is 0 Å². The Labute approximate surface area is 72.2 Å². The number of rotatable bonds is 1. The van der Waals surface area contributed by atoms with Crippen molar-refractivity contribution < 1.29 is 4.79 Å². The van der Waals surface area contributed by atoms with Gasteiger partial charge in [-0.15, -0.1) is 0 Å². The third kappa shape index (κ3) is 3.61. The Hall–Kier alpha value is -0.240. The Morgan fingerprint density at radius 2 is 2.36 bits per heavy atom. The van der Waals surface area contributed by atoms with Crippen molar-refractivity contribution >= 4 is 16.9 Å². The zero-order chi connectivity index (χ0) is 8.10. The fourth-order valence-electron chi connectivity index (χ4n) is 1.26. The lowest BCUT2D eigenvalue weighted by molar-refractivity contribution is -0.109. The highest BCUT2D eigenvalue weighted by atomic mass is 32.2. The molecule has 0 aromatic heterocycles. The molecule has 11 heavy (non-hydrogen) atoms. The minimum absolute atomic E-state index is 0.238. The monoisotopic (exact) mass is 170 g/mol. The molecule has 62 valence electrons. The van der Waals surface area contributed by atoms with Gasteiger partial charge in [0.2, 0.25) is 0 Å². The summed E-state index contributed by atoms with van der Waals surface area (Å²) in [5, 5.41) is 0.691. The van der Waals surface area contributed by atoms with Crippen molar-refractivity contribution in [1.29, 1.82) is 0 Å². The van der Waals surface area contributed by atoms with Gasteiger partial charge in [0.15, 0.2) is 5.12 Å². The van der Waals surface area contributed by atoms with Gasteiger partial charge in [-0.1, -0.05) is 30.3 Å². The van der Waals surface area contributed by atoms with Crippen LogP contribution in [0.25, 0.3) is 0 Å². The minimum Gasteiger partial charge on any atom is -0.288 e. The highest BCUT2D eigenvalue weighted by Crippen LogP contribution is 2.22. The van der Waals surface area contributed by atoms with Crippen LogP contribution in [-0.2, 0) is 4.79 Å². The van der Waals surface area contributed by atoms with Gasteiger partial charge in [0.05, 0.1) is 0 Å². The first-order chi connectivity index (χ1) is 5.29. The molecular weight excluding hydrogens is 156 g/mol. The zero-order valence-corrected chi connectivity index (χ0v) is 7.69. The summed E-state index contributed by atoms with van der Waals surface area (Å²) in [5.41, 5.74) is 0. The van der Waals surface area contributed by atoms with Crippen LogP contribution in [0.15, 0.2) is 12.2 Å². The molecule has 1 atom stereocenters. The van der Waals surface area contributed by atoms with Crippen LogP contribution in [0.1, 0.15) is 32.6 Å². The van der Waals surface area contributed by atoms with Gasteiger partial charge in [-0.2, -0.15) is 0 Å². The van der Waals surface area contributed by atoms with Crippen molar-refractivity contribution in [3.63, 3.8) is 0 Å². The molecule has 0 aromatic carbocycles. The molecule has 0 spiro atoms. The summed E-state index contributed by atoms with van der Waals surface area (Å²) in [6, 6.07) is 0. The molecular formula is C9H14OS. The van der Waals surface area contributed by atoms with Gasteiger partial charge in [0.25, 0.3) is 0 Å². The van der Waals surface area contributed by atoms with E-state index in [1.165, 1.54) is 37.4 Å². The van der Waals surface area contributed by atoms with Crippen LogP contribution in [0.4, 0.5) is 0 Å².